The third-order valence-corrected chi connectivity index (χ3v) is 6.15. The Kier molecular flexibility index (Phi) is 5.05. The van der Waals surface area contributed by atoms with Gasteiger partial charge in [0.1, 0.15) is 23.0 Å². The van der Waals surface area contributed by atoms with Crippen molar-refractivity contribution in [3.05, 3.63) is 108 Å². The van der Waals surface area contributed by atoms with Gasteiger partial charge in [0.05, 0.1) is 17.2 Å². The number of nitrogens with two attached hydrogens (primary N) is 1. The second-order valence-electron chi connectivity index (χ2n) is 8.26. The van der Waals surface area contributed by atoms with Gasteiger partial charge in [-0.3, -0.25) is 14.5 Å². The second kappa shape index (κ2) is 8.52. The quantitative estimate of drug-likeness (QED) is 0.420. The molecule has 4 aromatic heterocycles. The highest BCUT2D eigenvalue weighted by atomic mass is 16.5. The molecular weight excluding hydrogens is 452 g/mol. The van der Waals surface area contributed by atoms with Crippen molar-refractivity contribution in [2.75, 3.05) is 0 Å². The van der Waals surface area contributed by atoms with Crippen molar-refractivity contribution in [1.82, 2.24) is 29.3 Å². The number of nitrogens with zero attached hydrogens (tertiary/aromatic N) is 7. The first kappa shape index (κ1) is 21.3. The summed E-state index contributed by atoms with van der Waals surface area (Å²) in [4.78, 5) is 13.4. The molecule has 0 saturated carbocycles. The van der Waals surface area contributed by atoms with Crippen molar-refractivity contribution >= 4 is 0 Å². The normalized spacial score (nSPS) is 14.7. The first-order chi connectivity index (χ1) is 17.7. The number of nitriles is 1. The average molecular weight is 473 g/mol. The summed E-state index contributed by atoms with van der Waals surface area (Å²) in [6, 6.07) is 21.5. The summed E-state index contributed by atoms with van der Waals surface area (Å²) in [5, 5.41) is 14.7. The molecule has 1 aromatic carbocycles. The molecule has 0 radical (unpaired) electrons. The van der Waals surface area contributed by atoms with E-state index in [1.165, 1.54) is 0 Å². The lowest BCUT2D eigenvalue weighted by Crippen LogP contribution is -2.22. The summed E-state index contributed by atoms with van der Waals surface area (Å²) in [7, 11) is 1.79. The zero-order valence-electron chi connectivity index (χ0n) is 19.3. The maximum Gasteiger partial charge on any atom is 0.224 e. The van der Waals surface area contributed by atoms with Crippen LogP contribution < -0.4 is 10.5 Å². The molecule has 0 bridgehead atoms. The van der Waals surface area contributed by atoms with Gasteiger partial charge in [0.25, 0.3) is 0 Å². The minimum absolute atomic E-state index is 0.0710. The number of aromatic nitrogens is 6. The maximum absolute atomic E-state index is 10.0. The molecule has 0 saturated heterocycles. The molecule has 0 spiro atoms. The Morgan fingerprint density at radius 1 is 0.917 bits per heavy atom. The number of imidazole rings is 1. The van der Waals surface area contributed by atoms with Crippen LogP contribution in [-0.2, 0) is 7.05 Å². The van der Waals surface area contributed by atoms with Crippen LogP contribution in [0.25, 0.3) is 28.6 Å². The van der Waals surface area contributed by atoms with Crippen LogP contribution in [0.3, 0.4) is 0 Å². The van der Waals surface area contributed by atoms with Crippen LogP contribution in [0.4, 0.5) is 0 Å². The monoisotopic (exact) mass is 472 g/mol. The fraction of sp³-hybridized carbons (Fsp3) is 0.0741. The summed E-state index contributed by atoms with van der Waals surface area (Å²) in [5.74, 6) is 0.842. The lowest BCUT2D eigenvalue weighted by atomic mass is 9.83. The third kappa shape index (κ3) is 3.40. The molecule has 1 aliphatic rings. The number of rotatable bonds is 4. The maximum atomic E-state index is 10.0. The van der Waals surface area contributed by atoms with Gasteiger partial charge >= 0.3 is 0 Å². The van der Waals surface area contributed by atoms with Crippen molar-refractivity contribution in [2.45, 2.75) is 5.92 Å². The van der Waals surface area contributed by atoms with Gasteiger partial charge in [-0.15, -0.1) is 0 Å². The van der Waals surface area contributed by atoms with Crippen molar-refractivity contribution in [1.29, 1.82) is 5.26 Å². The molecule has 0 amide bonds. The highest BCUT2D eigenvalue weighted by molar-refractivity contribution is 5.69. The van der Waals surface area contributed by atoms with E-state index in [0.29, 0.717) is 22.8 Å². The topological polar surface area (TPSA) is 120 Å². The standard InChI is InChI=1S/C27H20N8O/c1-34-27-23(24(33-34)20-6-2-4-12-30-20)22(19(16-28)25(29)36-27)17-8-10-18(11-9-17)35-15-14-32-26(35)21-7-3-5-13-31-21/h2-15,22H,29H2,1H3. The van der Waals surface area contributed by atoms with E-state index in [1.807, 2.05) is 71.4 Å². The Bertz CT molecular complexity index is 1630. The minimum Gasteiger partial charge on any atom is -0.422 e. The van der Waals surface area contributed by atoms with E-state index in [-0.39, 0.29) is 5.88 Å². The molecule has 1 atom stereocenters. The number of aryl methyl sites for hydroxylation is 1. The number of hydrogen-bond acceptors (Lipinski definition) is 7. The van der Waals surface area contributed by atoms with Gasteiger partial charge in [-0.25, -0.2) is 9.67 Å². The summed E-state index contributed by atoms with van der Waals surface area (Å²) < 4.78 is 9.46. The average Bonchev–Trinajstić information content (AvgIpc) is 3.54. The summed E-state index contributed by atoms with van der Waals surface area (Å²) in [6.07, 6.45) is 7.09. The number of hydrogen-bond donors (Lipinski definition) is 1. The molecule has 36 heavy (non-hydrogen) atoms. The van der Waals surface area contributed by atoms with E-state index >= 15 is 0 Å². The molecule has 9 heteroatoms. The summed E-state index contributed by atoms with van der Waals surface area (Å²) in [5.41, 5.74) is 11.2. The van der Waals surface area contributed by atoms with Gasteiger partial charge < -0.3 is 10.5 Å². The van der Waals surface area contributed by atoms with E-state index in [1.54, 1.807) is 30.3 Å². The number of pyridine rings is 2. The van der Waals surface area contributed by atoms with Crippen LogP contribution in [0.15, 0.2) is 96.9 Å². The third-order valence-electron chi connectivity index (χ3n) is 6.15. The van der Waals surface area contributed by atoms with Gasteiger partial charge in [0.15, 0.2) is 5.82 Å². The number of allylic oxidation sites excluding steroid dienone is 1. The zero-order chi connectivity index (χ0) is 24.6. The molecule has 5 aromatic rings. The SMILES string of the molecule is Cn1nc(-c2ccccn2)c2c1OC(N)=C(C#N)C2c1ccc(-n2ccnc2-c2ccccn2)cc1. The first-order valence-corrected chi connectivity index (χ1v) is 11.3. The molecule has 5 heterocycles. The summed E-state index contributed by atoms with van der Waals surface area (Å²) in [6.45, 7) is 0. The van der Waals surface area contributed by atoms with E-state index in [0.717, 1.165) is 28.3 Å². The van der Waals surface area contributed by atoms with E-state index in [4.69, 9.17) is 10.5 Å². The van der Waals surface area contributed by atoms with Crippen LogP contribution in [0.5, 0.6) is 5.88 Å². The van der Waals surface area contributed by atoms with Gasteiger partial charge in [-0.05, 0) is 42.0 Å². The van der Waals surface area contributed by atoms with Gasteiger partial charge in [-0.1, -0.05) is 24.3 Å². The van der Waals surface area contributed by atoms with E-state index < -0.39 is 5.92 Å². The number of ether oxygens (including phenoxy) is 1. The first-order valence-electron chi connectivity index (χ1n) is 11.3. The van der Waals surface area contributed by atoms with Crippen molar-refractivity contribution in [3.8, 4) is 40.5 Å². The van der Waals surface area contributed by atoms with Crippen LogP contribution >= 0.6 is 0 Å². The fourth-order valence-corrected chi connectivity index (χ4v) is 4.52. The van der Waals surface area contributed by atoms with E-state index in [9.17, 15) is 5.26 Å². The van der Waals surface area contributed by atoms with Crippen LogP contribution in [0.1, 0.15) is 17.0 Å². The highest BCUT2D eigenvalue weighted by Crippen LogP contribution is 2.46. The Morgan fingerprint density at radius 2 is 1.64 bits per heavy atom. The minimum atomic E-state index is -0.462. The largest absolute Gasteiger partial charge is 0.422 e. The van der Waals surface area contributed by atoms with Crippen LogP contribution in [0, 0.1) is 11.3 Å². The predicted octanol–water partition coefficient (Wildman–Crippen LogP) is 3.95. The molecule has 1 aliphatic heterocycles. The Balaban J connectivity index is 1.46. The molecule has 1 unspecified atom stereocenters. The van der Waals surface area contributed by atoms with Crippen molar-refractivity contribution in [3.63, 3.8) is 0 Å². The van der Waals surface area contributed by atoms with Crippen LogP contribution in [0.2, 0.25) is 0 Å². The van der Waals surface area contributed by atoms with Gasteiger partial charge in [0.2, 0.25) is 11.8 Å². The molecule has 0 aliphatic carbocycles. The Morgan fingerprint density at radius 3 is 2.31 bits per heavy atom. The van der Waals surface area contributed by atoms with E-state index in [2.05, 4.69) is 26.1 Å². The number of fused-ring (bicyclic) bond motifs is 1. The molecule has 9 nitrogen and oxygen atoms in total. The molecule has 6 rings (SSSR count). The van der Waals surface area contributed by atoms with Crippen LogP contribution in [-0.4, -0.2) is 29.3 Å². The summed E-state index contributed by atoms with van der Waals surface area (Å²) >= 11 is 0. The lowest BCUT2D eigenvalue weighted by Gasteiger charge is -2.25. The number of benzene rings is 1. The van der Waals surface area contributed by atoms with Gasteiger partial charge in [-0.2, -0.15) is 10.4 Å². The molecule has 2 N–H and O–H groups in total. The molecule has 174 valence electrons. The molecular formula is C27H20N8O. The smallest absolute Gasteiger partial charge is 0.224 e. The van der Waals surface area contributed by atoms with Crippen molar-refractivity contribution < 1.29 is 4.74 Å². The highest BCUT2D eigenvalue weighted by Gasteiger charge is 2.37. The lowest BCUT2D eigenvalue weighted by molar-refractivity contribution is 0.358. The van der Waals surface area contributed by atoms with Crippen molar-refractivity contribution in [2.24, 2.45) is 12.8 Å². The Labute approximate surface area is 206 Å². The second-order valence-corrected chi connectivity index (χ2v) is 8.26. The van der Waals surface area contributed by atoms with Gasteiger partial charge in [0, 0.05) is 37.5 Å². The Hall–Kier alpha value is -5.23. The predicted molar refractivity (Wildman–Crippen MR) is 133 cm³/mol. The fourth-order valence-electron chi connectivity index (χ4n) is 4.52. The zero-order valence-corrected chi connectivity index (χ0v) is 19.3. The molecule has 0 fully saturated rings.